The van der Waals surface area contributed by atoms with Gasteiger partial charge in [-0.05, 0) is 30.2 Å². The lowest BCUT2D eigenvalue weighted by Crippen LogP contribution is -2.18. The predicted molar refractivity (Wildman–Crippen MR) is 70.8 cm³/mol. The van der Waals surface area contributed by atoms with E-state index in [0.717, 1.165) is 12.5 Å². The summed E-state index contributed by atoms with van der Waals surface area (Å²) in [4.78, 5) is 0. The van der Waals surface area contributed by atoms with E-state index >= 15 is 0 Å². The van der Waals surface area contributed by atoms with Crippen LogP contribution in [0.3, 0.4) is 0 Å². The third kappa shape index (κ3) is 2.82. The molecule has 1 N–H and O–H groups in total. The second-order valence-electron chi connectivity index (χ2n) is 4.98. The van der Waals surface area contributed by atoms with Crippen molar-refractivity contribution in [3.8, 4) is 0 Å². The zero-order chi connectivity index (χ0) is 13.2. The highest BCUT2D eigenvalue weighted by Gasteiger charge is 2.37. The normalized spacial score (nSPS) is 21.4. The predicted octanol–water partition coefficient (Wildman–Crippen LogP) is 3.61. The van der Waals surface area contributed by atoms with Crippen LogP contribution in [0.1, 0.15) is 23.5 Å². The van der Waals surface area contributed by atoms with Crippen LogP contribution in [0.2, 0.25) is 0 Å². The zero-order valence-electron chi connectivity index (χ0n) is 10.4. The number of hydrogen-bond donors (Lipinski definition) is 1. The van der Waals surface area contributed by atoms with Gasteiger partial charge >= 0.3 is 0 Å². The largest absolute Gasteiger partial charge is 0.309 e. The molecule has 0 radical (unpaired) electrons. The van der Waals surface area contributed by atoms with Crippen molar-refractivity contribution < 1.29 is 8.78 Å². The van der Waals surface area contributed by atoms with E-state index in [2.05, 4.69) is 17.4 Å². The van der Waals surface area contributed by atoms with E-state index in [1.54, 1.807) is 0 Å². The van der Waals surface area contributed by atoms with Gasteiger partial charge in [0.2, 0.25) is 0 Å². The van der Waals surface area contributed by atoms with Crippen LogP contribution in [0.25, 0.3) is 0 Å². The van der Waals surface area contributed by atoms with Gasteiger partial charge in [0, 0.05) is 24.1 Å². The van der Waals surface area contributed by atoms with E-state index in [1.165, 1.54) is 17.7 Å². The summed E-state index contributed by atoms with van der Waals surface area (Å²) in [5, 5.41) is 3.28. The zero-order valence-corrected chi connectivity index (χ0v) is 10.4. The van der Waals surface area contributed by atoms with E-state index < -0.39 is 5.82 Å². The molecule has 2 unspecified atom stereocenters. The Morgan fingerprint density at radius 1 is 1.05 bits per heavy atom. The van der Waals surface area contributed by atoms with Crippen LogP contribution >= 0.6 is 0 Å². The maximum Gasteiger partial charge on any atom is 0.127 e. The second kappa shape index (κ2) is 5.10. The molecule has 0 aromatic heterocycles. The first-order valence-corrected chi connectivity index (χ1v) is 6.46. The van der Waals surface area contributed by atoms with Crippen LogP contribution in [0.4, 0.5) is 8.78 Å². The molecule has 1 nitrogen and oxygen atoms in total. The van der Waals surface area contributed by atoms with Crippen molar-refractivity contribution >= 4 is 0 Å². The molecule has 0 amide bonds. The number of rotatable bonds is 4. The van der Waals surface area contributed by atoms with Crippen LogP contribution in [-0.2, 0) is 6.54 Å². The smallest absolute Gasteiger partial charge is 0.127 e. The summed E-state index contributed by atoms with van der Waals surface area (Å²) in [6.07, 6.45) is 1.06. The van der Waals surface area contributed by atoms with Crippen LogP contribution < -0.4 is 5.32 Å². The summed E-state index contributed by atoms with van der Waals surface area (Å²) in [6, 6.07) is 14.2. The number of nitrogens with one attached hydrogen (secondary N) is 1. The monoisotopic (exact) mass is 259 g/mol. The van der Waals surface area contributed by atoms with Crippen molar-refractivity contribution in [1.29, 1.82) is 0 Å². The molecule has 0 saturated heterocycles. The summed E-state index contributed by atoms with van der Waals surface area (Å²) in [7, 11) is 0. The van der Waals surface area contributed by atoms with Crippen molar-refractivity contribution in [2.24, 2.45) is 0 Å². The molecule has 0 aliphatic heterocycles. The van der Waals surface area contributed by atoms with Gasteiger partial charge in [-0.2, -0.15) is 0 Å². The van der Waals surface area contributed by atoms with E-state index in [1.807, 2.05) is 18.2 Å². The van der Waals surface area contributed by atoms with Crippen LogP contribution in [-0.4, -0.2) is 6.04 Å². The van der Waals surface area contributed by atoms with Crippen LogP contribution in [0.15, 0.2) is 48.5 Å². The molecule has 1 aliphatic carbocycles. The molecule has 1 aliphatic rings. The van der Waals surface area contributed by atoms with E-state index in [9.17, 15) is 8.78 Å². The minimum atomic E-state index is -0.395. The molecular weight excluding hydrogens is 244 g/mol. The van der Waals surface area contributed by atoms with Crippen LogP contribution in [0, 0.1) is 11.6 Å². The molecular formula is C16H15F2N. The summed E-state index contributed by atoms with van der Waals surface area (Å²) < 4.78 is 26.5. The molecule has 2 aromatic rings. The third-order valence-electron chi connectivity index (χ3n) is 3.58. The Morgan fingerprint density at radius 3 is 2.63 bits per heavy atom. The van der Waals surface area contributed by atoms with Crippen molar-refractivity contribution in [2.45, 2.75) is 24.9 Å². The van der Waals surface area contributed by atoms with Crippen molar-refractivity contribution in [2.75, 3.05) is 0 Å². The Morgan fingerprint density at radius 2 is 1.84 bits per heavy atom. The second-order valence-corrected chi connectivity index (χ2v) is 4.98. The SMILES string of the molecule is Fc1ccc(F)c(CNC2CC2c2ccccc2)c1. The lowest BCUT2D eigenvalue weighted by atomic mass is 10.1. The highest BCUT2D eigenvalue weighted by molar-refractivity contribution is 5.28. The highest BCUT2D eigenvalue weighted by Crippen LogP contribution is 2.40. The number of benzene rings is 2. The highest BCUT2D eigenvalue weighted by atomic mass is 19.1. The molecule has 0 spiro atoms. The van der Waals surface area contributed by atoms with Gasteiger partial charge in [0.15, 0.2) is 0 Å². The van der Waals surface area contributed by atoms with Gasteiger partial charge in [0.1, 0.15) is 11.6 Å². The quantitative estimate of drug-likeness (QED) is 0.884. The minimum absolute atomic E-state index is 0.356. The first-order chi connectivity index (χ1) is 9.24. The van der Waals surface area contributed by atoms with Gasteiger partial charge in [-0.15, -0.1) is 0 Å². The fourth-order valence-electron chi connectivity index (χ4n) is 2.41. The first-order valence-electron chi connectivity index (χ1n) is 6.46. The van der Waals surface area contributed by atoms with Crippen molar-refractivity contribution in [1.82, 2.24) is 5.32 Å². The van der Waals surface area contributed by atoms with Gasteiger partial charge in [0.25, 0.3) is 0 Å². The summed E-state index contributed by atoms with van der Waals surface area (Å²) in [5.41, 5.74) is 1.69. The van der Waals surface area contributed by atoms with E-state index in [0.29, 0.717) is 24.1 Å². The maximum atomic E-state index is 13.5. The fourth-order valence-corrected chi connectivity index (χ4v) is 2.41. The molecule has 0 heterocycles. The fraction of sp³-hybridized carbons (Fsp3) is 0.250. The average Bonchev–Trinajstić information content (AvgIpc) is 3.20. The van der Waals surface area contributed by atoms with Gasteiger partial charge < -0.3 is 5.32 Å². The summed E-state index contributed by atoms with van der Waals surface area (Å²) in [6.45, 7) is 0.373. The average molecular weight is 259 g/mol. The summed E-state index contributed by atoms with van der Waals surface area (Å²) >= 11 is 0. The number of halogens is 2. The molecule has 98 valence electrons. The minimum Gasteiger partial charge on any atom is -0.309 e. The lowest BCUT2D eigenvalue weighted by Gasteiger charge is -2.06. The Bertz CT molecular complexity index is 568. The topological polar surface area (TPSA) is 12.0 Å². The van der Waals surface area contributed by atoms with Crippen molar-refractivity contribution in [3.63, 3.8) is 0 Å². The van der Waals surface area contributed by atoms with Gasteiger partial charge in [-0.3, -0.25) is 0 Å². The molecule has 1 saturated carbocycles. The Labute approximate surface area is 111 Å². The van der Waals surface area contributed by atoms with Gasteiger partial charge in [0.05, 0.1) is 0 Å². The van der Waals surface area contributed by atoms with Crippen LogP contribution in [0.5, 0.6) is 0 Å². The molecule has 19 heavy (non-hydrogen) atoms. The molecule has 2 aromatic carbocycles. The lowest BCUT2D eigenvalue weighted by molar-refractivity contribution is 0.566. The Balaban J connectivity index is 1.59. The first kappa shape index (κ1) is 12.3. The number of hydrogen-bond acceptors (Lipinski definition) is 1. The molecule has 1 fully saturated rings. The maximum absolute atomic E-state index is 13.5. The Hall–Kier alpha value is -1.74. The molecule has 0 bridgehead atoms. The Kier molecular flexibility index (Phi) is 3.30. The van der Waals surface area contributed by atoms with Gasteiger partial charge in [-0.25, -0.2) is 8.78 Å². The molecule has 3 rings (SSSR count). The standard InChI is InChI=1S/C16H15F2N/c17-13-6-7-15(18)12(8-13)10-19-16-9-14(16)11-4-2-1-3-5-11/h1-8,14,16,19H,9-10H2. The van der Waals surface area contributed by atoms with E-state index in [4.69, 9.17) is 0 Å². The molecule has 3 heteroatoms. The summed E-state index contributed by atoms with van der Waals surface area (Å²) in [5.74, 6) is -0.253. The molecule has 2 atom stereocenters. The third-order valence-corrected chi connectivity index (χ3v) is 3.58. The van der Waals surface area contributed by atoms with E-state index in [-0.39, 0.29) is 5.82 Å². The van der Waals surface area contributed by atoms with Gasteiger partial charge in [-0.1, -0.05) is 30.3 Å². The van der Waals surface area contributed by atoms with Crippen molar-refractivity contribution in [3.05, 3.63) is 71.3 Å².